The number of nitrogens with one attached hydrogen (secondary N) is 1. The van der Waals surface area contributed by atoms with Crippen LogP contribution in [0.5, 0.6) is 5.75 Å². The quantitative estimate of drug-likeness (QED) is 0.659. The number of aliphatic hydroxyl groups excluding tert-OH is 1. The number of hydrogen-bond donors (Lipinski definition) is 3. The van der Waals surface area contributed by atoms with Gasteiger partial charge in [-0.3, -0.25) is 0 Å². The maximum atomic E-state index is 8.90. The van der Waals surface area contributed by atoms with Gasteiger partial charge in [0.1, 0.15) is 6.33 Å². The standard InChI is InChI=1S/C10H18N4O2/c1-3-7(4-5-15)14-10-8(16-2)9(11)12-6-13-10/h6-7,15H,3-5H2,1-2H3,(H3,11,12,13,14). The minimum Gasteiger partial charge on any atom is -0.490 e. The molecular weight excluding hydrogens is 208 g/mol. The van der Waals surface area contributed by atoms with Gasteiger partial charge in [0.25, 0.3) is 0 Å². The number of anilines is 2. The summed E-state index contributed by atoms with van der Waals surface area (Å²) in [6.07, 6.45) is 2.92. The van der Waals surface area contributed by atoms with E-state index < -0.39 is 0 Å². The van der Waals surface area contributed by atoms with Crippen LogP contribution in [0.25, 0.3) is 0 Å². The highest BCUT2D eigenvalue weighted by atomic mass is 16.5. The van der Waals surface area contributed by atoms with E-state index in [1.54, 1.807) is 0 Å². The summed E-state index contributed by atoms with van der Waals surface area (Å²) in [4.78, 5) is 7.91. The lowest BCUT2D eigenvalue weighted by atomic mass is 10.1. The van der Waals surface area contributed by atoms with Crippen molar-refractivity contribution in [2.75, 3.05) is 24.8 Å². The molecule has 0 aromatic carbocycles. The van der Waals surface area contributed by atoms with E-state index in [0.717, 1.165) is 6.42 Å². The van der Waals surface area contributed by atoms with Gasteiger partial charge in [-0.2, -0.15) is 0 Å². The van der Waals surface area contributed by atoms with Gasteiger partial charge in [0.2, 0.25) is 5.75 Å². The molecule has 0 aliphatic heterocycles. The number of rotatable bonds is 6. The number of nitrogens with two attached hydrogens (primary N) is 1. The number of aromatic nitrogens is 2. The molecule has 4 N–H and O–H groups in total. The number of methoxy groups -OCH3 is 1. The number of nitrogens with zero attached hydrogens (tertiary/aromatic N) is 2. The number of ether oxygens (including phenoxy) is 1. The molecule has 1 aromatic rings. The molecule has 0 amide bonds. The Labute approximate surface area is 94.9 Å². The van der Waals surface area contributed by atoms with Crippen molar-refractivity contribution in [2.45, 2.75) is 25.8 Å². The van der Waals surface area contributed by atoms with Gasteiger partial charge in [0.15, 0.2) is 11.6 Å². The van der Waals surface area contributed by atoms with Gasteiger partial charge < -0.3 is 20.9 Å². The van der Waals surface area contributed by atoms with Gasteiger partial charge in [-0.05, 0) is 12.8 Å². The van der Waals surface area contributed by atoms with Gasteiger partial charge in [-0.25, -0.2) is 9.97 Å². The normalized spacial score (nSPS) is 12.2. The Balaban J connectivity index is 2.82. The van der Waals surface area contributed by atoms with E-state index in [4.69, 9.17) is 15.6 Å². The third-order valence-corrected chi connectivity index (χ3v) is 2.35. The Bertz CT molecular complexity index is 333. The fourth-order valence-corrected chi connectivity index (χ4v) is 1.42. The fraction of sp³-hybridized carbons (Fsp3) is 0.600. The van der Waals surface area contributed by atoms with Crippen LogP contribution >= 0.6 is 0 Å². The molecule has 1 aromatic heterocycles. The van der Waals surface area contributed by atoms with Crippen LogP contribution in [0.3, 0.4) is 0 Å². The third kappa shape index (κ3) is 2.96. The second-order valence-corrected chi connectivity index (χ2v) is 3.40. The molecule has 6 heteroatoms. The smallest absolute Gasteiger partial charge is 0.203 e. The molecule has 1 heterocycles. The molecule has 90 valence electrons. The van der Waals surface area contributed by atoms with Crippen molar-refractivity contribution in [1.82, 2.24) is 9.97 Å². The average Bonchev–Trinajstić information content (AvgIpc) is 2.28. The molecule has 16 heavy (non-hydrogen) atoms. The summed E-state index contributed by atoms with van der Waals surface area (Å²) < 4.78 is 5.12. The second-order valence-electron chi connectivity index (χ2n) is 3.40. The van der Waals surface area contributed by atoms with Crippen molar-refractivity contribution in [2.24, 2.45) is 0 Å². The molecule has 0 aliphatic carbocycles. The van der Waals surface area contributed by atoms with Gasteiger partial charge in [-0.15, -0.1) is 0 Å². The largest absolute Gasteiger partial charge is 0.490 e. The molecule has 0 saturated heterocycles. The highest BCUT2D eigenvalue weighted by Gasteiger charge is 2.13. The molecule has 0 spiro atoms. The second kappa shape index (κ2) is 6.12. The number of hydrogen-bond acceptors (Lipinski definition) is 6. The first-order valence-electron chi connectivity index (χ1n) is 5.24. The van der Waals surface area contributed by atoms with Crippen molar-refractivity contribution >= 4 is 11.6 Å². The molecule has 0 fully saturated rings. The Morgan fingerprint density at radius 2 is 2.31 bits per heavy atom. The first-order chi connectivity index (χ1) is 7.72. The summed E-state index contributed by atoms with van der Waals surface area (Å²) in [5, 5.41) is 12.1. The van der Waals surface area contributed by atoms with Crippen LogP contribution in [0.2, 0.25) is 0 Å². The average molecular weight is 226 g/mol. The van der Waals surface area contributed by atoms with E-state index in [9.17, 15) is 0 Å². The molecule has 0 bridgehead atoms. The Hall–Kier alpha value is -1.56. The lowest BCUT2D eigenvalue weighted by Gasteiger charge is -2.18. The zero-order chi connectivity index (χ0) is 12.0. The summed E-state index contributed by atoms with van der Waals surface area (Å²) >= 11 is 0. The third-order valence-electron chi connectivity index (χ3n) is 2.35. The summed E-state index contributed by atoms with van der Waals surface area (Å²) in [7, 11) is 1.52. The molecule has 0 aliphatic rings. The zero-order valence-corrected chi connectivity index (χ0v) is 9.60. The first-order valence-corrected chi connectivity index (χ1v) is 5.24. The maximum absolute atomic E-state index is 8.90. The van der Waals surface area contributed by atoms with Crippen LogP contribution in [0.15, 0.2) is 6.33 Å². The molecular formula is C10H18N4O2. The van der Waals surface area contributed by atoms with Gasteiger partial charge in [0.05, 0.1) is 7.11 Å². The minimum atomic E-state index is 0.133. The lowest BCUT2D eigenvalue weighted by molar-refractivity contribution is 0.278. The molecule has 0 radical (unpaired) electrons. The van der Waals surface area contributed by atoms with E-state index in [1.807, 2.05) is 6.92 Å². The Morgan fingerprint density at radius 1 is 1.56 bits per heavy atom. The SMILES string of the molecule is CCC(CCO)Nc1ncnc(N)c1OC. The molecule has 0 saturated carbocycles. The molecule has 1 unspecified atom stereocenters. The number of aliphatic hydroxyl groups is 1. The van der Waals surface area contributed by atoms with Gasteiger partial charge in [-0.1, -0.05) is 6.92 Å². The van der Waals surface area contributed by atoms with Crippen LogP contribution in [0, 0.1) is 0 Å². The Kier molecular flexibility index (Phi) is 4.78. The summed E-state index contributed by atoms with van der Waals surface area (Å²) in [6.45, 7) is 2.17. The summed E-state index contributed by atoms with van der Waals surface area (Å²) in [6, 6.07) is 0.146. The highest BCUT2D eigenvalue weighted by molar-refractivity contribution is 5.61. The van der Waals surface area contributed by atoms with Crippen LogP contribution < -0.4 is 15.8 Å². The topological polar surface area (TPSA) is 93.3 Å². The van der Waals surface area contributed by atoms with Crippen molar-refractivity contribution < 1.29 is 9.84 Å². The van der Waals surface area contributed by atoms with E-state index in [1.165, 1.54) is 13.4 Å². The maximum Gasteiger partial charge on any atom is 0.203 e. The van der Waals surface area contributed by atoms with Crippen molar-refractivity contribution in [3.05, 3.63) is 6.33 Å². The van der Waals surface area contributed by atoms with E-state index in [2.05, 4.69) is 15.3 Å². The van der Waals surface area contributed by atoms with Crippen molar-refractivity contribution in [3.63, 3.8) is 0 Å². The zero-order valence-electron chi connectivity index (χ0n) is 9.60. The van der Waals surface area contributed by atoms with Gasteiger partial charge >= 0.3 is 0 Å². The highest BCUT2D eigenvalue weighted by Crippen LogP contribution is 2.27. The molecule has 1 atom stereocenters. The minimum absolute atomic E-state index is 0.133. The van der Waals surface area contributed by atoms with Crippen LogP contribution in [0.4, 0.5) is 11.6 Å². The van der Waals surface area contributed by atoms with E-state index in [0.29, 0.717) is 23.8 Å². The molecule has 1 rings (SSSR count). The Morgan fingerprint density at radius 3 is 2.88 bits per heavy atom. The van der Waals surface area contributed by atoms with Crippen molar-refractivity contribution in [1.29, 1.82) is 0 Å². The van der Waals surface area contributed by atoms with E-state index in [-0.39, 0.29) is 12.6 Å². The summed E-state index contributed by atoms with van der Waals surface area (Å²) in [5.74, 6) is 1.31. The van der Waals surface area contributed by atoms with Crippen molar-refractivity contribution in [3.8, 4) is 5.75 Å². The van der Waals surface area contributed by atoms with E-state index >= 15 is 0 Å². The fourth-order valence-electron chi connectivity index (χ4n) is 1.42. The predicted molar refractivity (Wildman–Crippen MR) is 62.4 cm³/mol. The number of nitrogen functional groups attached to an aromatic ring is 1. The first kappa shape index (κ1) is 12.5. The van der Waals surface area contributed by atoms with Gasteiger partial charge in [0, 0.05) is 12.6 Å². The van der Waals surface area contributed by atoms with Crippen LogP contribution in [-0.2, 0) is 0 Å². The predicted octanol–water partition coefficient (Wildman–Crippen LogP) is 0.640. The van der Waals surface area contributed by atoms with Crippen LogP contribution in [-0.4, -0.2) is 34.8 Å². The van der Waals surface area contributed by atoms with Crippen LogP contribution in [0.1, 0.15) is 19.8 Å². The molecule has 6 nitrogen and oxygen atoms in total. The lowest BCUT2D eigenvalue weighted by Crippen LogP contribution is -2.21. The summed E-state index contributed by atoms with van der Waals surface area (Å²) in [5.41, 5.74) is 5.66. The monoisotopic (exact) mass is 226 g/mol.